The lowest BCUT2D eigenvalue weighted by Gasteiger charge is -2.41. The first-order chi connectivity index (χ1) is 15.7. The molecule has 2 fully saturated rings. The summed E-state index contributed by atoms with van der Waals surface area (Å²) in [7, 11) is 0. The molecule has 0 aromatic carbocycles. The van der Waals surface area contributed by atoms with Crippen molar-refractivity contribution >= 4 is 29.2 Å². The van der Waals surface area contributed by atoms with Gasteiger partial charge >= 0.3 is 6.18 Å². The number of nitrogens with zero attached hydrogens (tertiary/aromatic N) is 5. The van der Waals surface area contributed by atoms with Crippen molar-refractivity contribution in [2.24, 2.45) is 11.1 Å². The molecule has 4 N–H and O–H groups in total. The van der Waals surface area contributed by atoms with E-state index in [0.717, 1.165) is 43.9 Å². The van der Waals surface area contributed by atoms with Gasteiger partial charge in [0.15, 0.2) is 11.3 Å². The van der Waals surface area contributed by atoms with Gasteiger partial charge < -0.3 is 21.1 Å². The molecular weight excluding hydrogens is 455 g/mol. The van der Waals surface area contributed by atoms with E-state index in [4.69, 9.17) is 16.2 Å². The standard InChI is InChI=1S/C21H24F3N7OS/c1-12-15(25)20(11-32-12)4-8-30(9-5-20)19-29-17(26)14(18-28-7-10-31(18)19)33-13-3-2-6-27-16(13)21(22,23)24/h2-3,6-7,10,12,15H,4-5,8-9,11,25-26H2,1H3/t12?,15-/m1/s1. The molecule has 0 radical (unpaired) electrons. The molecule has 5 heterocycles. The maximum Gasteiger partial charge on any atom is 0.434 e. The number of pyridine rings is 1. The Hall–Kier alpha value is -2.57. The summed E-state index contributed by atoms with van der Waals surface area (Å²) in [5.74, 6) is 0.738. The Morgan fingerprint density at radius 2 is 1.97 bits per heavy atom. The molecule has 3 aromatic rings. The second kappa shape index (κ2) is 8.03. The van der Waals surface area contributed by atoms with Gasteiger partial charge in [0.05, 0.1) is 17.6 Å². The summed E-state index contributed by atoms with van der Waals surface area (Å²) in [6, 6.07) is 2.82. The number of hydrogen-bond donors (Lipinski definition) is 2. The molecule has 2 saturated heterocycles. The van der Waals surface area contributed by atoms with Crippen molar-refractivity contribution in [3.05, 3.63) is 36.4 Å². The first kappa shape index (κ1) is 22.2. The second-order valence-electron chi connectivity index (χ2n) is 8.59. The Bertz CT molecular complexity index is 1180. The maximum absolute atomic E-state index is 13.4. The largest absolute Gasteiger partial charge is 0.434 e. The van der Waals surface area contributed by atoms with Crippen molar-refractivity contribution in [1.82, 2.24) is 19.4 Å². The van der Waals surface area contributed by atoms with Crippen LogP contribution in [0.4, 0.5) is 24.9 Å². The number of fused-ring (bicyclic) bond motifs is 1. The molecule has 2 atom stereocenters. The van der Waals surface area contributed by atoms with Crippen molar-refractivity contribution in [1.29, 1.82) is 0 Å². The molecule has 1 unspecified atom stereocenters. The smallest absolute Gasteiger partial charge is 0.383 e. The van der Waals surface area contributed by atoms with Gasteiger partial charge in [0.1, 0.15) is 5.82 Å². The van der Waals surface area contributed by atoms with Crippen LogP contribution in [0.3, 0.4) is 0 Å². The van der Waals surface area contributed by atoms with Crippen LogP contribution in [0.5, 0.6) is 0 Å². The van der Waals surface area contributed by atoms with Crippen LogP contribution >= 0.6 is 11.8 Å². The highest BCUT2D eigenvalue weighted by atomic mass is 32.2. The molecule has 0 bridgehead atoms. The Morgan fingerprint density at radius 1 is 1.21 bits per heavy atom. The molecular formula is C21H24F3N7OS. The number of alkyl halides is 3. The van der Waals surface area contributed by atoms with Crippen LogP contribution in [0.2, 0.25) is 0 Å². The average Bonchev–Trinajstić information content (AvgIpc) is 3.38. The summed E-state index contributed by atoms with van der Waals surface area (Å²) in [5, 5.41) is 0. The average molecular weight is 480 g/mol. The zero-order valence-corrected chi connectivity index (χ0v) is 18.7. The highest BCUT2D eigenvalue weighted by Crippen LogP contribution is 2.44. The van der Waals surface area contributed by atoms with E-state index < -0.39 is 11.9 Å². The quantitative estimate of drug-likeness (QED) is 0.590. The zero-order chi connectivity index (χ0) is 23.4. The van der Waals surface area contributed by atoms with Crippen LogP contribution in [0.15, 0.2) is 40.5 Å². The predicted molar refractivity (Wildman–Crippen MR) is 118 cm³/mol. The molecule has 3 aromatic heterocycles. The van der Waals surface area contributed by atoms with Gasteiger partial charge in [-0.05, 0) is 31.9 Å². The van der Waals surface area contributed by atoms with Crippen molar-refractivity contribution in [3.63, 3.8) is 0 Å². The lowest BCUT2D eigenvalue weighted by Crippen LogP contribution is -2.51. The van der Waals surface area contributed by atoms with E-state index in [-0.39, 0.29) is 28.3 Å². The number of rotatable bonds is 3. The minimum absolute atomic E-state index is 0.00738. The Labute approximate surface area is 192 Å². The summed E-state index contributed by atoms with van der Waals surface area (Å²) in [6.45, 7) is 4.10. The summed E-state index contributed by atoms with van der Waals surface area (Å²) in [6.07, 6.45) is 1.63. The molecule has 5 rings (SSSR count). The molecule has 2 aliphatic rings. The van der Waals surface area contributed by atoms with Crippen LogP contribution in [-0.2, 0) is 10.9 Å². The van der Waals surface area contributed by atoms with Gasteiger partial charge in [-0.1, -0.05) is 11.8 Å². The number of aromatic nitrogens is 4. The Morgan fingerprint density at radius 3 is 2.64 bits per heavy atom. The van der Waals surface area contributed by atoms with Gasteiger partial charge in [-0.15, -0.1) is 0 Å². The third kappa shape index (κ3) is 3.79. The molecule has 0 aliphatic carbocycles. The van der Waals surface area contributed by atoms with Gasteiger partial charge in [0.2, 0.25) is 5.95 Å². The van der Waals surface area contributed by atoms with Crippen molar-refractivity contribution in [2.75, 3.05) is 30.3 Å². The van der Waals surface area contributed by atoms with Crippen LogP contribution in [-0.4, -0.2) is 51.2 Å². The molecule has 1 spiro atoms. The van der Waals surface area contributed by atoms with Crippen molar-refractivity contribution in [2.45, 2.75) is 47.9 Å². The minimum Gasteiger partial charge on any atom is -0.383 e. The number of anilines is 2. The number of halogens is 3. The normalized spacial score (nSPS) is 23.0. The number of imidazole rings is 1. The number of ether oxygens (including phenoxy) is 1. The van der Waals surface area contributed by atoms with E-state index in [2.05, 4.69) is 19.9 Å². The second-order valence-corrected chi connectivity index (χ2v) is 9.64. The number of nitrogens with two attached hydrogens (primary N) is 2. The van der Waals surface area contributed by atoms with Gasteiger partial charge in [0, 0.05) is 48.0 Å². The lowest BCUT2D eigenvalue weighted by atomic mass is 9.73. The summed E-state index contributed by atoms with van der Waals surface area (Å²) >= 11 is 0.868. The Balaban J connectivity index is 1.46. The fourth-order valence-corrected chi connectivity index (χ4v) is 5.73. The summed E-state index contributed by atoms with van der Waals surface area (Å²) < 4.78 is 47.8. The zero-order valence-electron chi connectivity index (χ0n) is 17.9. The van der Waals surface area contributed by atoms with E-state index in [1.807, 2.05) is 6.92 Å². The lowest BCUT2D eigenvalue weighted by molar-refractivity contribution is -0.143. The van der Waals surface area contributed by atoms with E-state index in [1.165, 1.54) is 12.1 Å². The molecule has 176 valence electrons. The summed E-state index contributed by atoms with van der Waals surface area (Å²) in [4.78, 5) is 14.9. The molecule has 2 aliphatic heterocycles. The highest BCUT2D eigenvalue weighted by molar-refractivity contribution is 7.99. The van der Waals surface area contributed by atoms with E-state index >= 15 is 0 Å². The molecule has 12 heteroatoms. The van der Waals surface area contributed by atoms with Gasteiger partial charge in [-0.3, -0.25) is 9.38 Å². The monoisotopic (exact) mass is 479 g/mol. The number of nitrogen functional groups attached to an aromatic ring is 1. The van der Waals surface area contributed by atoms with Crippen LogP contribution < -0.4 is 16.4 Å². The van der Waals surface area contributed by atoms with Crippen LogP contribution in [0, 0.1) is 5.41 Å². The van der Waals surface area contributed by atoms with E-state index in [1.54, 1.807) is 16.8 Å². The third-order valence-corrected chi connectivity index (χ3v) is 7.80. The Kier molecular flexibility index (Phi) is 5.41. The first-order valence-corrected chi connectivity index (χ1v) is 11.5. The number of hydrogen-bond acceptors (Lipinski definition) is 8. The van der Waals surface area contributed by atoms with Crippen molar-refractivity contribution in [3.8, 4) is 0 Å². The van der Waals surface area contributed by atoms with Gasteiger partial charge in [-0.25, -0.2) is 4.98 Å². The minimum atomic E-state index is -4.58. The van der Waals surface area contributed by atoms with Crippen molar-refractivity contribution < 1.29 is 17.9 Å². The van der Waals surface area contributed by atoms with Gasteiger partial charge in [-0.2, -0.15) is 18.2 Å². The SMILES string of the molecule is CC1OCC2(CCN(c3nc(N)c(Sc4cccnc4C(F)(F)F)c4nccn34)CC2)[C@@H]1N. The fraction of sp³-hybridized carbons (Fsp3) is 0.476. The summed E-state index contributed by atoms with van der Waals surface area (Å²) in [5.41, 5.74) is 12.1. The third-order valence-electron chi connectivity index (χ3n) is 6.65. The van der Waals surface area contributed by atoms with E-state index in [0.29, 0.717) is 23.1 Å². The molecule has 0 amide bonds. The molecule has 8 nitrogen and oxygen atoms in total. The van der Waals surface area contributed by atoms with Crippen LogP contribution in [0.1, 0.15) is 25.5 Å². The highest BCUT2D eigenvalue weighted by Gasteiger charge is 2.48. The first-order valence-electron chi connectivity index (χ1n) is 10.6. The number of piperidine rings is 1. The van der Waals surface area contributed by atoms with E-state index in [9.17, 15) is 13.2 Å². The fourth-order valence-electron chi connectivity index (χ4n) is 4.70. The van der Waals surface area contributed by atoms with Gasteiger partial charge in [0.25, 0.3) is 0 Å². The predicted octanol–water partition coefficient (Wildman–Crippen LogP) is 3.21. The molecule has 0 saturated carbocycles. The topological polar surface area (TPSA) is 108 Å². The maximum atomic E-state index is 13.4. The van der Waals surface area contributed by atoms with Crippen LogP contribution in [0.25, 0.3) is 5.65 Å². The molecule has 33 heavy (non-hydrogen) atoms.